The normalized spacial score (nSPS) is 9.73. The molecule has 0 radical (unpaired) electrons. The Bertz CT molecular complexity index is 269. The highest BCUT2D eigenvalue weighted by Crippen LogP contribution is 1.93. The third-order valence-electron chi connectivity index (χ3n) is 1.48. The number of aryl methyl sites for hydroxylation is 1. The van der Waals surface area contributed by atoms with Crippen molar-refractivity contribution >= 4 is 18.9 Å². The summed E-state index contributed by atoms with van der Waals surface area (Å²) in [5.74, 6) is 0. The van der Waals surface area contributed by atoms with E-state index >= 15 is 0 Å². The molecule has 0 saturated heterocycles. The Kier molecular flexibility index (Phi) is 2.12. The molecule has 0 aromatic carbocycles. The van der Waals surface area contributed by atoms with Gasteiger partial charge in [-0.15, -0.1) is 0 Å². The molecular formula is C6H8BNO3. The zero-order chi connectivity index (χ0) is 8.43. The van der Waals surface area contributed by atoms with Gasteiger partial charge in [0.1, 0.15) is 0 Å². The van der Waals surface area contributed by atoms with E-state index in [0.29, 0.717) is 17.4 Å². The molecule has 0 spiro atoms. The highest BCUT2D eigenvalue weighted by molar-refractivity contribution is 6.58. The average molecular weight is 153 g/mol. The SMILES string of the molecule is Cn1cc(B(O)O)cc1C=O. The predicted molar refractivity (Wildman–Crippen MR) is 40.6 cm³/mol. The Morgan fingerprint density at radius 1 is 1.64 bits per heavy atom. The van der Waals surface area contributed by atoms with Crippen LogP contribution >= 0.6 is 0 Å². The van der Waals surface area contributed by atoms with Gasteiger partial charge in [0.25, 0.3) is 0 Å². The Balaban J connectivity index is 3.04. The van der Waals surface area contributed by atoms with Crippen LogP contribution in [0.4, 0.5) is 0 Å². The molecule has 1 aromatic heterocycles. The lowest BCUT2D eigenvalue weighted by atomic mass is 9.82. The van der Waals surface area contributed by atoms with Gasteiger partial charge < -0.3 is 14.6 Å². The van der Waals surface area contributed by atoms with Crippen LogP contribution in [0.5, 0.6) is 0 Å². The first kappa shape index (κ1) is 8.04. The van der Waals surface area contributed by atoms with Gasteiger partial charge in [0.05, 0.1) is 5.69 Å². The maximum absolute atomic E-state index is 10.3. The molecule has 5 heteroatoms. The Morgan fingerprint density at radius 2 is 2.27 bits per heavy atom. The second-order valence-electron chi connectivity index (χ2n) is 2.30. The van der Waals surface area contributed by atoms with E-state index < -0.39 is 7.12 Å². The lowest BCUT2D eigenvalue weighted by Crippen LogP contribution is -2.28. The fourth-order valence-corrected chi connectivity index (χ4v) is 0.866. The standard InChI is InChI=1S/C6H8BNO3/c1-8-3-5(7(10)11)2-6(8)4-9/h2-4,10-11H,1H3. The van der Waals surface area contributed by atoms with Gasteiger partial charge in [0.2, 0.25) is 0 Å². The first-order valence-electron chi connectivity index (χ1n) is 3.12. The number of aldehydes is 1. The fourth-order valence-electron chi connectivity index (χ4n) is 0.866. The second kappa shape index (κ2) is 2.90. The molecule has 11 heavy (non-hydrogen) atoms. The summed E-state index contributed by atoms with van der Waals surface area (Å²) in [5, 5.41) is 17.4. The van der Waals surface area contributed by atoms with E-state index in [0.717, 1.165) is 0 Å². The van der Waals surface area contributed by atoms with Crippen molar-refractivity contribution in [2.45, 2.75) is 0 Å². The molecule has 0 aliphatic rings. The van der Waals surface area contributed by atoms with Crippen molar-refractivity contribution in [2.75, 3.05) is 0 Å². The van der Waals surface area contributed by atoms with Gasteiger partial charge in [-0.05, 0) is 6.07 Å². The highest BCUT2D eigenvalue weighted by atomic mass is 16.4. The molecule has 4 nitrogen and oxygen atoms in total. The van der Waals surface area contributed by atoms with Crippen molar-refractivity contribution in [2.24, 2.45) is 7.05 Å². The van der Waals surface area contributed by atoms with Gasteiger partial charge in [-0.25, -0.2) is 0 Å². The van der Waals surface area contributed by atoms with Crippen LogP contribution in [0.3, 0.4) is 0 Å². The van der Waals surface area contributed by atoms with Crippen molar-refractivity contribution in [3.63, 3.8) is 0 Å². The third kappa shape index (κ3) is 1.50. The van der Waals surface area contributed by atoms with E-state index in [1.807, 2.05) is 0 Å². The number of hydrogen-bond acceptors (Lipinski definition) is 3. The van der Waals surface area contributed by atoms with Crippen LogP contribution in [0, 0.1) is 0 Å². The Hall–Kier alpha value is -1.07. The molecule has 58 valence electrons. The summed E-state index contributed by atoms with van der Waals surface area (Å²) in [6.07, 6.45) is 2.15. The number of carbonyl (C=O) groups is 1. The van der Waals surface area contributed by atoms with E-state index in [1.54, 1.807) is 7.05 Å². The lowest BCUT2D eigenvalue weighted by molar-refractivity contribution is 0.111. The minimum absolute atomic E-state index is 0.328. The minimum atomic E-state index is -1.50. The molecule has 1 heterocycles. The van der Waals surface area contributed by atoms with E-state index in [4.69, 9.17) is 10.0 Å². The molecule has 1 rings (SSSR count). The molecule has 0 amide bonds. The van der Waals surface area contributed by atoms with Crippen LogP contribution < -0.4 is 5.46 Å². The van der Waals surface area contributed by atoms with Gasteiger partial charge in [-0.1, -0.05) is 0 Å². The summed E-state index contributed by atoms with van der Waals surface area (Å²) in [5.41, 5.74) is 0.753. The van der Waals surface area contributed by atoms with Crippen molar-refractivity contribution in [1.82, 2.24) is 4.57 Å². The topological polar surface area (TPSA) is 62.5 Å². The van der Waals surface area contributed by atoms with Crippen molar-refractivity contribution in [3.8, 4) is 0 Å². The van der Waals surface area contributed by atoms with E-state index in [9.17, 15) is 4.79 Å². The van der Waals surface area contributed by atoms with Crippen molar-refractivity contribution in [3.05, 3.63) is 18.0 Å². The summed E-state index contributed by atoms with van der Waals surface area (Å²) in [7, 11) is 0.158. The van der Waals surface area contributed by atoms with Crippen LogP contribution in [0.1, 0.15) is 10.5 Å². The highest BCUT2D eigenvalue weighted by Gasteiger charge is 2.13. The molecule has 1 aromatic rings. The smallest absolute Gasteiger partial charge is 0.423 e. The number of rotatable bonds is 2. The van der Waals surface area contributed by atoms with Crippen LogP contribution in [-0.2, 0) is 7.05 Å². The zero-order valence-electron chi connectivity index (χ0n) is 6.06. The first-order chi connectivity index (χ1) is 5.15. The zero-order valence-corrected chi connectivity index (χ0v) is 6.06. The minimum Gasteiger partial charge on any atom is -0.423 e. The summed E-state index contributed by atoms with van der Waals surface area (Å²) < 4.78 is 1.53. The van der Waals surface area contributed by atoms with Gasteiger partial charge in [-0.3, -0.25) is 4.79 Å². The molecule has 0 saturated carbocycles. The summed E-state index contributed by atoms with van der Waals surface area (Å²) in [6, 6.07) is 1.43. The number of carbonyl (C=O) groups excluding carboxylic acids is 1. The number of nitrogens with zero attached hydrogens (tertiary/aromatic N) is 1. The average Bonchev–Trinajstić information content (AvgIpc) is 2.31. The summed E-state index contributed by atoms with van der Waals surface area (Å²) in [4.78, 5) is 10.3. The van der Waals surface area contributed by atoms with Crippen LogP contribution in [-0.4, -0.2) is 28.0 Å². The molecular weight excluding hydrogens is 145 g/mol. The largest absolute Gasteiger partial charge is 0.490 e. The Labute approximate surface area is 64.2 Å². The first-order valence-corrected chi connectivity index (χ1v) is 3.12. The third-order valence-corrected chi connectivity index (χ3v) is 1.48. The van der Waals surface area contributed by atoms with E-state index in [-0.39, 0.29) is 0 Å². The maximum atomic E-state index is 10.3. The maximum Gasteiger partial charge on any atom is 0.490 e. The Morgan fingerprint density at radius 3 is 2.55 bits per heavy atom. The lowest BCUT2D eigenvalue weighted by Gasteiger charge is -1.90. The van der Waals surface area contributed by atoms with E-state index in [2.05, 4.69) is 0 Å². The molecule has 0 bridgehead atoms. The molecule has 0 unspecified atom stereocenters. The molecule has 0 fully saturated rings. The van der Waals surface area contributed by atoms with Gasteiger partial charge in [-0.2, -0.15) is 0 Å². The molecule has 0 atom stereocenters. The molecule has 2 N–H and O–H groups in total. The van der Waals surface area contributed by atoms with Crippen LogP contribution in [0.15, 0.2) is 12.3 Å². The van der Waals surface area contributed by atoms with Gasteiger partial charge >= 0.3 is 7.12 Å². The van der Waals surface area contributed by atoms with Crippen LogP contribution in [0.2, 0.25) is 0 Å². The van der Waals surface area contributed by atoms with Crippen LogP contribution in [0.25, 0.3) is 0 Å². The summed E-state index contributed by atoms with van der Waals surface area (Å²) >= 11 is 0. The monoisotopic (exact) mass is 153 g/mol. The predicted octanol–water partition coefficient (Wildman–Crippen LogP) is -1.48. The molecule has 0 aliphatic carbocycles. The number of aromatic nitrogens is 1. The molecule has 0 aliphatic heterocycles. The van der Waals surface area contributed by atoms with E-state index in [1.165, 1.54) is 16.8 Å². The van der Waals surface area contributed by atoms with Gasteiger partial charge in [0, 0.05) is 18.7 Å². The number of hydrogen-bond donors (Lipinski definition) is 2. The van der Waals surface area contributed by atoms with Crippen molar-refractivity contribution in [1.29, 1.82) is 0 Å². The van der Waals surface area contributed by atoms with Gasteiger partial charge in [0.15, 0.2) is 6.29 Å². The quantitative estimate of drug-likeness (QED) is 0.402. The fraction of sp³-hybridized carbons (Fsp3) is 0.167. The van der Waals surface area contributed by atoms with Crippen molar-refractivity contribution < 1.29 is 14.8 Å². The summed E-state index contributed by atoms with van der Waals surface area (Å²) in [6.45, 7) is 0. The second-order valence-corrected chi connectivity index (χ2v) is 2.30.